The molecule has 3 heterocycles. The molecule has 2 N–H and O–H groups in total. The van der Waals surface area contributed by atoms with Crippen molar-refractivity contribution in [1.29, 1.82) is 0 Å². The summed E-state index contributed by atoms with van der Waals surface area (Å²) in [5.74, 6) is -1.30. The molecule has 2 aliphatic rings. The second-order valence-corrected chi connectivity index (χ2v) is 7.57. The molecule has 0 bridgehead atoms. The largest absolute Gasteiger partial charge is 0.497 e. The number of ether oxygens (including phenoxy) is 1. The molecule has 1 amide bonds. The molecular weight excluding hydrogens is 378 g/mol. The summed E-state index contributed by atoms with van der Waals surface area (Å²) in [6.45, 7) is 1.34. The van der Waals surface area contributed by atoms with E-state index in [9.17, 15) is 13.6 Å². The average molecular weight is 402 g/mol. The number of alkyl halides is 2. The summed E-state index contributed by atoms with van der Waals surface area (Å²) in [4.78, 5) is 21.2. The molecular formula is C21H24F2N4O2. The van der Waals surface area contributed by atoms with Gasteiger partial charge < -0.3 is 20.3 Å². The first kappa shape index (κ1) is 19.4. The SMILES string of the molecule is COc1ccc(CN2CCc3cc(N)nc(N4CCC(F)(F)CC4)c3C2=O)cc1. The van der Waals surface area contributed by atoms with E-state index in [1.807, 2.05) is 24.3 Å². The molecule has 1 aromatic heterocycles. The van der Waals surface area contributed by atoms with E-state index in [1.54, 1.807) is 23.0 Å². The molecule has 1 fully saturated rings. The minimum Gasteiger partial charge on any atom is -0.497 e. The van der Waals surface area contributed by atoms with Gasteiger partial charge >= 0.3 is 0 Å². The lowest BCUT2D eigenvalue weighted by atomic mass is 9.97. The van der Waals surface area contributed by atoms with Gasteiger partial charge in [0.2, 0.25) is 0 Å². The van der Waals surface area contributed by atoms with Crippen LogP contribution in [-0.2, 0) is 13.0 Å². The van der Waals surface area contributed by atoms with Gasteiger partial charge in [-0.05, 0) is 35.7 Å². The summed E-state index contributed by atoms with van der Waals surface area (Å²) in [6.07, 6.45) is 0.158. The Labute approximate surface area is 168 Å². The second kappa shape index (κ2) is 7.50. The molecule has 0 spiro atoms. The summed E-state index contributed by atoms with van der Waals surface area (Å²) >= 11 is 0. The maximum atomic E-state index is 13.6. The maximum absolute atomic E-state index is 13.6. The van der Waals surface area contributed by atoms with Crippen LogP contribution in [0.2, 0.25) is 0 Å². The molecule has 1 aromatic carbocycles. The normalized spacial score (nSPS) is 18.5. The van der Waals surface area contributed by atoms with Crippen LogP contribution in [-0.4, -0.2) is 48.5 Å². The molecule has 154 valence electrons. The van der Waals surface area contributed by atoms with Gasteiger partial charge in [-0.1, -0.05) is 12.1 Å². The number of benzene rings is 1. The number of piperidine rings is 1. The number of pyridine rings is 1. The van der Waals surface area contributed by atoms with Crippen LogP contribution in [0.5, 0.6) is 5.75 Å². The Balaban J connectivity index is 1.60. The quantitative estimate of drug-likeness (QED) is 0.851. The summed E-state index contributed by atoms with van der Waals surface area (Å²) < 4.78 is 32.4. The number of nitrogens with zero attached hydrogens (tertiary/aromatic N) is 3. The van der Waals surface area contributed by atoms with Gasteiger partial charge in [0, 0.05) is 39.0 Å². The number of carbonyl (C=O) groups is 1. The number of halogens is 2. The van der Waals surface area contributed by atoms with E-state index < -0.39 is 5.92 Å². The molecule has 0 radical (unpaired) electrons. The fraction of sp³-hybridized carbons (Fsp3) is 0.429. The van der Waals surface area contributed by atoms with E-state index in [1.165, 1.54) is 0 Å². The molecule has 0 saturated carbocycles. The molecule has 29 heavy (non-hydrogen) atoms. The highest BCUT2D eigenvalue weighted by atomic mass is 19.3. The Bertz CT molecular complexity index is 908. The third-order valence-electron chi connectivity index (χ3n) is 5.58. The predicted octanol–water partition coefficient (Wildman–Crippen LogP) is 3.11. The fourth-order valence-electron chi connectivity index (χ4n) is 3.93. The number of hydrogen-bond acceptors (Lipinski definition) is 5. The van der Waals surface area contributed by atoms with Crippen molar-refractivity contribution in [3.05, 3.63) is 47.0 Å². The van der Waals surface area contributed by atoms with Crippen molar-refractivity contribution < 1.29 is 18.3 Å². The first-order valence-electron chi connectivity index (χ1n) is 9.71. The van der Waals surface area contributed by atoms with Crippen molar-refractivity contribution in [3.8, 4) is 5.75 Å². The molecule has 6 nitrogen and oxygen atoms in total. The molecule has 1 saturated heterocycles. The van der Waals surface area contributed by atoms with E-state index in [4.69, 9.17) is 10.5 Å². The van der Waals surface area contributed by atoms with Crippen LogP contribution in [0.25, 0.3) is 0 Å². The fourth-order valence-corrected chi connectivity index (χ4v) is 3.93. The smallest absolute Gasteiger partial charge is 0.258 e. The molecule has 2 aromatic rings. The van der Waals surface area contributed by atoms with Crippen LogP contribution in [0.3, 0.4) is 0 Å². The number of nitrogen functional groups attached to an aromatic ring is 1. The first-order chi connectivity index (χ1) is 13.9. The Morgan fingerprint density at radius 1 is 1.17 bits per heavy atom. The van der Waals surface area contributed by atoms with Crippen LogP contribution in [0.15, 0.2) is 30.3 Å². The van der Waals surface area contributed by atoms with E-state index >= 15 is 0 Å². The number of nitrogens with two attached hydrogens (primary N) is 1. The lowest BCUT2D eigenvalue weighted by Crippen LogP contribution is -2.43. The number of carbonyl (C=O) groups excluding carboxylic acids is 1. The number of fused-ring (bicyclic) bond motifs is 1. The van der Waals surface area contributed by atoms with Gasteiger partial charge in [-0.15, -0.1) is 0 Å². The lowest BCUT2D eigenvalue weighted by Gasteiger charge is -2.36. The van der Waals surface area contributed by atoms with Gasteiger partial charge in [-0.2, -0.15) is 0 Å². The average Bonchev–Trinajstić information content (AvgIpc) is 2.70. The standard InChI is InChI=1S/C21H24F2N4O2/c1-29-16-4-2-14(3-5-16)13-27-9-6-15-12-17(24)25-19(18(15)20(27)28)26-10-7-21(22,23)8-11-26/h2-5,12H,6-11,13H2,1H3,(H2,24,25). The molecule has 0 aliphatic carbocycles. The van der Waals surface area contributed by atoms with Gasteiger partial charge in [0.05, 0.1) is 12.7 Å². The van der Waals surface area contributed by atoms with Crippen molar-refractivity contribution in [1.82, 2.24) is 9.88 Å². The Morgan fingerprint density at radius 2 is 1.86 bits per heavy atom. The zero-order chi connectivity index (χ0) is 20.6. The van der Waals surface area contributed by atoms with Crippen molar-refractivity contribution in [3.63, 3.8) is 0 Å². The van der Waals surface area contributed by atoms with Crippen LogP contribution < -0.4 is 15.4 Å². The minimum atomic E-state index is -2.67. The summed E-state index contributed by atoms with van der Waals surface area (Å²) in [5.41, 5.74) is 8.27. The zero-order valence-corrected chi connectivity index (χ0v) is 16.3. The lowest BCUT2D eigenvalue weighted by molar-refractivity contribution is -0.0221. The monoisotopic (exact) mass is 402 g/mol. The van der Waals surface area contributed by atoms with Crippen molar-refractivity contribution in [2.45, 2.75) is 31.7 Å². The highest BCUT2D eigenvalue weighted by Crippen LogP contribution is 2.35. The number of anilines is 2. The van der Waals surface area contributed by atoms with Crippen LogP contribution in [0, 0.1) is 0 Å². The molecule has 0 unspecified atom stereocenters. The molecule has 4 rings (SSSR count). The molecule has 0 atom stereocenters. The van der Waals surface area contributed by atoms with Crippen molar-refractivity contribution in [2.24, 2.45) is 0 Å². The minimum absolute atomic E-state index is 0.137. The maximum Gasteiger partial charge on any atom is 0.258 e. The predicted molar refractivity (Wildman–Crippen MR) is 106 cm³/mol. The van der Waals surface area contributed by atoms with Gasteiger partial charge in [0.25, 0.3) is 11.8 Å². The highest BCUT2D eigenvalue weighted by molar-refractivity contribution is 6.01. The van der Waals surface area contributed by atoms with Crippen molar-refractivity contribution in [2.75, 3.05) is 37.4 Å². The Kier molecular flexibility index (Phi) is 5.02. The van der Waals surface area contributed by atoms with Gasteiger partial charge in [0.15, 0.2) is 0 Å². The number of rotatable bonds is 4. The third kappa shape index (κ3) is 3.97. The number of aromatic nitrogens is 1. The Hall–Kier alpha value is -2.90. The van der Waals surface area contributed by atoms with Gasteiger partial charge in [-0.25, -0.2) is 13.8 Å². The van der Waals surface area contributed by atoms with Crippen LogP contribution >= 0.6 is 0 Å². The molecule has 8 heteroatoms. The van der Waals surface area contributed by atoms with E-state index in [0.29, 0.717) is 36.7 Å². The highest BCUT2D eigenvalue weighted by Gasteiger charge is 2.37. The van der Waals surface area contributed by atoms with Crippen LogP contribution in [0.1, 0.15) is 34.3 Å². The third-order valence-corrected chi connectivity index (χ3v) is 5.58. The topological polar surface area (TPSA) is 71.7 Å². The summed E-state index contributed by atoms with van der Waals surface area (Å²) in [5, 5.41) is 0. The Morgan fingerprint density at radius 3 is 2.52 bits per heavy atom. The van der Waals surface area contributed by atoms with Crippen LogP contribution in [0.4, 0.5) is 20.4 Å². The van der Waals surface area contributed by atoms with E-state index in [2.05, 4.69) is 4.98 Å². The van der Waals surface area contributed by atoms with Crippen molar-refractivity contribution >= 4 is 17.5 Å². The molecule has 2 aliphatic heterocycles. The van der Waals surface area contributed by atoms with E-state index in [-0.39, 0.29) is 31.8 Å². The summed E-state index contributed by atoms with van der Waals surface area (Å²) in [7, 11) is 1.61. The first-order valence-corrected chi connectivity index (χ1v) is 9.71. The zero-order valence-electron chi connectivity index (χ0n) is 16.3. The van der Waals surface area contributed by atoms with Gasteiger partial charge in [0.1, 0.15) is 17.4 Å². The number of methoxy groups -OCH3 is 1. The van der Waals surface area contributed by atoms with E-state index in [0.717, 1.165) is 16.9 Å². The number of hydrogen-bond donors (Lipinski definition) is 1. The number of amides is 1. The second-order valence-electron chi connectivity index (χ2n) is 7.57. The summed E-state index contributed by atoms with van der Waals surface area (Å²) in [6, 6.07) is 9.30. The van der Waals surface area contributed by atoms with Gasteiger partial charge in [-0.3, -0.25) is 4.79 Å².